The maximum atomic E-state index is 12.2. The zero-order valence-electron chi connectivity index (χ0n) is 13.4. The van der Waals surface area contributed by atoms with Gasteiger partial charge in [-0.3, -0.25) is 4.79 Å². The number of hydrogen-bond acceptors (Lipinski definition) is 4. The Labute approximate surface area is 154 Å². The number of nitrogens with zero attached hydrogens (tertiary/aromatic N) is 3. The number of nitrogens with one attached hydrogen (secondary N) is 1. The van der Waals surface area contributed by atoms with E-state index in [1.54, 1.807) is 41.3 Å². The first-order valence-electron chi connectivity index (χ1n) is 7.42. The molecule has 1 unspecified atom stereocenters. The van der Waals surface area contributed by atoms with E-state index >= 15 is 0 Å². The molecule has 3 rings (SSSR count). The van der Waals surface area contributed by atoms with Crippen molar-refractivity contribution in [2.24, 2.45) is 5.14 Å². The van der Waals surface area contributed by atoms with Gasteiger partial charge in [-0.2, -0.15) is 14.4 Å². The summed E-state index contributed by atoms with van der Waals surface area (Å²) in [6.07, 6.45) is 4.84. The van der Waals surface area contributed by atoms with E-state index in [4.69, 9.17) is 16.7 Å². The molecule has 1 amide bonds. The summed E-state index contributed by atoms with van der Waals surface area (Å²) in [5.74, 6) is 0.272. The number of aromatic nitrogens is 3. The van der Waals surface area contributed by atoms with Gasteiger partial charge in [-0.05, 0) is 35.9 Å². The highest BCUT2D eigenvalue weighted by Crippen LogP contribution is 2.20. The topological polar surface area (TPSA) is 124 Å². The molecule has 0 spiro atoms. The van der Waals surface area contributed by atoms with Crippen molar-refractivity contribution in [3.63, 3.8) is 0 Å². The fraction of sp³-hybridized carbons (Fsp3) is 0.0625. The van der Waals surface area contributed by atoms with Crippen molar-refractivity contribution in [1.82, 2.24) is 20.1 Å². The first kappa shape index (κ1) is 18.1. The van der Waals surface area contributed by atoms with Gasteiger partial charge in [-0.15, -0.1) is 0 Å². The van der Waals surface area contributed by atoms with Gasteiger partial charge in [0, 0.05) is 30.2 Å². The molecule has 0 fully saturated rings. The fourth-order valence-electron chi connectivity index (χ4n) is 2.19. The summed E-state index contributed by atoms with van der Waals surface area (Å²) in [5.41, 5.74) is 0.975. The third-order valence-electron chi connectivity index (χ3n) is 3.55. The molecule has 26 heavy (non-hydrogen) atoms. The Kier molecular flexibility index (Phi) is 5.03. The molecule has 3 aromatic rings. The van der Waals surface area contributed by atoms with Crippen molar-refractivity contribution in [2.45, 2.75) is 11.4 Å². The normalized spacial score (nSPS) is 13.2. The Balaban J connectivity index is 1.67. The van der Waals surface area contributed by atoms with Gasteiger partial charge < -0.3 is 5.32 Å². The summed E-state index contributed by atoms with van der Waals surface area (Å²) in [6, 6.07) is 9.35. The van der Waals surface area contributed by atoms with Crippen LogP contribution in [0.1, 0.15) is 15.9 Å². The Morgan fingerprint density at radius 2 is 2.15 bits per heavy atom. The molecule has 4 N–H and O–H groups in total. The van der Waals surface area contributed by atoms with Gasteiger partial charge >= 0.3 is 10.0 Å². The van der Waals surface area contributed by atoms with Gasteiger partial charge in [0.05, 0.1) is 5.56 Å². The smallest absolute Gasteiger partial charge is 0.348 e. The second-order valence-corrected chi connectivity index (χ2v) is 7.38. The molecule has 0 aliphatic heterocycles. The molecule has 1 aromatic carbocycles. The van der Waals surface area contributed by atoms with E-state index in [-0.39, 0.29) is 22.4 Å². The molecule has 1 atom stereocenters. The van der Waals surface area contributed by atoms with Gasteiger partial charge in [-0.25, -0.2) is 13.9 Å². The third-order valence-corrected chi connectivity index (χ3v) is 4.83. The quantitative estimate of drug-likeness (QED) is 0.640. The number of pyridine rings is 1. The highest BCUT2D eigenvalue weighted by molar-refractivity contribution is 7.89. The highest BCUT2D eigenvalue weighted by Gasteiger charge is 2.16. The van der Waals surface area contributed by atoms with Gasteiger partial charge in [0.2, 0.25) is 0 Å². The van der Waals surface area contributed by atoms with Crippen LogP contribution >= 0.6 is 11.6 Å². The van der Waals surface area contributed by atoms with E-state index < -0.39 is 10.0 Å². The fourth-order valence-corrected chi connectivity index (χ4v) is 3.05. The number of nitrogens with two attached hydrogens (primary N) is 1. The van der Waals surface area contributed by atoms with Crippen molar-refractivity contribution in [2.75, 3.05) is 0 Å². The van der Waals surface area contributed by atoms with Crippen LogP contribution in [0, 0.1) is 0 Å². The molecule has 2 aromatic heterocycles. The van der Waals surface area contributed by atoms with Crippen LogP contribution in [0.4, 0.5) is 0 Å². The third kappa shape index (κ3) is 4.07. The summed E-state index contributed by atoms with van der Waals surface area (Å²) >= 11 is 6.08. The first-order chi connectivity index (χ1) is 12.3. The molecular formula is C16H15ClN5O3S+. The predicted octanol–water partition coefficient (Wildman–Crippen LogP) is 1.66. The van der Waals surface area contributed by atoms with E-state index in [0.29, 0.717) is 16.9 Å². The summed E-state index contributed by atoms with van der Waals surface area (Å²) < 4.78 is 22.3. The van der Waals surface area contributed by atoms with Crippen LogP contribution in [0.3, 0.4) is 0 Å². The minimum atomic E-state index is -3.58. The maximum Gasteiger partial charge on any atom is 0.370 e. The SMILES string of the molecule is NS(=O)(=[OH+])c1ccc(CNC(=O)c2ccc(-n3cccn3)nc2)c(Cl)c1. The zero-order valence-corrected chi connectivity index (χ0v) is 14.9. The average Bonchev–Trinajstić information content (AvgIpc) is 3.14. The van der Waals surface area contributed by atoms with Crippen LogP contribution in [-0.4, -0.2) is 29.1 Å². The van der Waals surface area contributed by atoms with Crippen molar-refractivity contribution >= 4 is 27.5 Å². The highest BCUT2D eigenvalue weighted by atomic mass is 35.5. The Morgan fingerprint density at radius 3 is 2.73 bits per heavy atom. The number of rotatable bonds is 5. The van der Waals surface area contributed by atoms with Crippen LogP contribution in [0.5, 0.6) is 0 Å². The number of hydrogen-bond donors (Lipinski definition) is 2. The lowest BCUT2D eigenvalue weighted by atomic mass is 10.2. The van der Waals surface area contributed by atoms with Crippen LogP contribution in [0.25, 0.3) is 5.82 Å². The zero-order chi connectivity index (χ0) is 18.7. The van der Waals surface area contributed by atoms with E-state index in [1.807, 2.05) is 0 Å². The summed E-state index contributed by atoms with van der Waals surface area (Å²) in [7, 11) is -3.58. The minimum Gasteiger partial charge on any atom is -0.348 e. The lowest BCUT2D eigenvalue weighted by Crippen LogP contribution is -2.23. The first-order valence-corrected chi connectivity index (χ1v) is 9.37. The van der Waals surface area contributed by atoms with Crippen molar-refractivity contribution < 1.29 is 13.2 Å². The number of halogens is 1. The monoisotopic (exact) mass is 392 g/mol. The van der Waals surface area contributed by atoms with Crippen LogP contribution in [-0.2, 0) is 16.6 Å². The number of amides is 1. The molecule has 10 heteroatoms. The summed E-state index contributed by atoms with van der Waals surface area (Å²) in [6.45, 7) is 0.149. The maximum absolute atomic E-state index is 12.2. The summed E-state index contributed by atoms with van der Waals surface area (Å²) in [5, 5.41) is 12.2. The molecule has 0 saturated carbocycles. The molecule has 134 valence electrons. The van der Waals surface area contributed by atoms with Crippen molar-refractivity contribution in [3.05, 3.63) is 71.1 Å². The van der Waals surface area contributed by atoms with Crippen molar-refractivity contribution in [3.8, 4) is 5.82 Å². The second kappa shape index (κ2) is 7.24. The van der Waals surface area contributed by atoms with Gasteiger partial charge in [0.25, 0.3) is 5.91 Å². The van der Waals surface area contributed by atoms with E-state index in [0.717, 1.165) is 0 Å². The van der Waals surface area contributed by atoms with E-state index in [2.05, 4.69) is 15.4 Å². The standard InChI is InChI=1S/C16H14ClN5O3S/c17-14-8-13(26(18,24)25)4-2-11(14)9-20-16(23)12-3-5-15(19-10-12)22-7-1-6-21-22/h1-8,10H,9H2,(H,20,23)(H2,18,24,25)/p+1. The minimum absolute atomic E-state index is 0.0241. The largest absolute Gasteiger partial charge is 0.370 e. The molecule has 2 heterocycles. The second-order valence-electron chi connectivity index (χ2n) is 5.36. The lowest BCUT2D eigenvalue weighted by molar-refractivity contribution is 0.0950. The number of benzene rings is 1. The lowest BCUT2D eigenvalue weighted by Gasteiger charge is -2.08. The van der Waals surface area contributed by atoms with Gasteiger partial charge in [0.1, 0.15) is 4.90 Å². The summed E-state index contributed by atoms with van der Waals surface area (Å²) in [4.78, 5) is 16.4. The van der Waals surface area contributed by atoms with Gasteiger partial charge in [-0.1, -0.05) is 17.7 Å². The average molecular weight is 393 g/mol. The Hall–Kier alpha value is -2.75. The van der Waals surface area contributed by atoms with Crippen LogP contribution < -0.4 is 10.5 Å². The van der Waals surface area contributed by atoms with Crippen LogP contribution in [0.2, 0.25) is 5.02 Å². The van der Waals surface area contributed by atoms with E-state index in [1.165, 1.54) is 18.3 Å². The Morgan fingerprint density at radius 1 is 1.35 bits per heavy atom. The molecule has 8 nitrogen and oxygen atoms in total. The molecule has 0 saturated heterocycles. The molecule has 0 bridgehead atoms. The number of carbonyl (C=O) groups excluding carboxylic acids is 1. The van der Waals surface area contributed by atoms with Crippen molar-refractivity contribution in [1.29, 1.82) is 0 Å². The predicted molar refractivity (Wildman–Crippen MR) is 96.5 cm³/mol. The molecule has 0 radical (unpaired) electrons. The van der Waals surface area contributed by atoms with E-state index in [9.17, 15) is 13.2 Å². The molecule has 0 aliphatic carbocycles. The molecule has 0 aliphatic rings. The van der Waals surface area contributed by atoms with Gasteiger partial charge in [0.15, 0.2) is 5.82 Å². The molecular weight excluding hydrogens is 378 g/mol. The Bertz CT molecular complexity index is 1030. The number of carbonyl (C=O) groups is 1. The van der Waals surface area contributed by atoms with Crippen LogP contribution in [0.15, 0.2) is 59.9 Å².